The number of aryl methyl sites for hydroxylation is 2. The summed E-state index contributed by atoms with van der Waals surface area (Å²) < 4.78 is 15.1. The molecule has 0 aliphatic carbocycles. The Labute approximate surface area is 129 Å². The highest BCUT2D eigenvalue weighted by molar-refractivity contribution is 5.95. The Kier molecular flexibility index (Phi) is 3.51. The molecule has 0 bridgehead atoms. The maximum atomic E-state index is 13.4. The number of nitrogens with zero attached hydrogens (tertiary/aromatic N) is 3. The van der Waals surface area contributed by atoms with Gasteiger partial charge in [-0.15, -0.1) is 0 Å². The van der Waals surface area contributed by atoms with Gasteiger partial charge in [-0.05, 0) is 50.5 Å². The highest BCUT2D eigenvalue weighted by Crippen LogP contribution is 2.34. The van der Waals surface area contributed by atoms with Crippen LogP contribution in [0.25, 0.3) is 0 Å². The molecule has 0 saturated heterocycles. The van der Waals surface area contributed by atoms with Gasteiger partial charge < -0.3 is 4.90 Å². The van der Waals surface area contributed by atoms with Crippen LogP contribution in [-0.4, -0.2) is 26.6 Å². The zero-order valence-electron chi connectivity index (χ0n) is 13.3. The summed E-state index contributed by atoms with van der Waals surface area (Å²) in [6.07, 6.45) is 2.43. The summed E-state index contributed by atoms with van der Waals surface area (Å²) in [4.78, 5) is 14.8. The van der Waals surface area contributed by atoms with Crippen LogP contribution in [0, 0.1) is 12.7 Å². The lowest BCUT2D eigenvalue weighted by molar-refractivity contribution is 0.0579. The topological polar surface area (TPSA) is 38.1 Å². The third-order valence-electron chi connectivity index (χ3n) is 4.44. The normalized spacial score (nSPS) is 20.9. The predicted molar refractivity (Wildman–Crippen MR) is 82.1 cm³/mol. The van der Waals surface area contributed by atoms with Gasteiger partial charge in [-0.1, -0.05) is 6.07 Å². The molecule has 0 radical (unpaired) electrons. The number of hydrogen-bond donors (Lipinski definition) is 0. The van der Waals surface area contributed by atoms with Crippen LogP contribution in [-0.2, 0) is 13.5 Å². The molecule has 0 fully saturated rings. The third-order valence-corrected chi connectivity index (χ3v) is 4.44. The first-order valence-electron chi connectivity index (χ1n) is 7.49. The van der Waals surface area contributed by atoms with Gasteiger partial charge in [-0.2, -0.15) is 5.10 Å². The van der Waals surface area contributed by atoms with Crippen LogP contribution in [0.5, 0.6) is 0 Å². The average molecular weight is 301 g/mol. The van der Waals surface area contributed by atoms with Crippen molar-refractivity contribution in [2.45, 2.75) is 39.3 Å². The van der Waals surface area contributed by atoms with Crippen molar-refractivity contribution in [3.8, 4) is 0 Å². The first kappa shape index (κ1) is 14.8. The molecule has 0 spiro atoms. The molecule has 1 aliphatic heterocycles. The van der Waals surface area contributed by atoms with E-state index in [-0.39, 0.29) is 23.8 Å². The van der Waals surface area contributed by atoms with Crippen LogP contribution < -0.4 is 0 Å². The summed E-state index contributed by atoms with van der Waals surface area (Å²) in [6, 6.07) is 4.78. The Balaban J connectivity index is 1.99. The Bertz CT molecular complexity index is 738. The molecule has 116 valence electrons. The lowest BCUT2D eigenvalue weighted by atomic mass is 9.89. The Morgan fingerprint density at radius 2 is 2.09 bits per heavy atom. The van der Waals surface area contributed by atoms with E-state index in [9.17, 15) is 9.18 Å². The van der Waals surface area contributed by atoms with Crippen molar-refractivity contribution < 1.29 is 9.18 Å². The minimum absolute atomic E-state index is 0.0134. The van der Waals surface area contributed by atoms with Gasteiger partial charge in [0.05, 0.1) is 17.3 Å². The number of aromatic nitrogens is 2. The summed E-state index contributed by atoms with van der Waals surface area (Å²) in [5.41, 5.74) is 3.38. The van der Waals surface area contributed by atoms with E-state index in [0.29, 0.717) is 12.0 Å². The monoisotopic (exact) mass is 301 g/mol. The maximum absolute atomic E-state index is 13.4. The largest absolute Gasteiger partial charge is 0.329 e. The van der Waals surface area contributed by atoms with Crippen LogP contribution in [0.15, 0.2) is 24.4 Å². The molecule has 0 unspecified atom stereocenters. The zero-order chi connectivity index (χ0) is 16.0. The fourth-order valence-corrected chi connectivity index (χ4v) is 3.43. The molecular formula is C17H20FN3O. The third kappa shape index (κ3) is 2.30. The number of fused-ring (bicyclic) bond motifs is 1. The first-order valence-corrected chi connectivity index (χ1v) is 7.49. The highest BCUT2D eigenvalue weighted by atomic mass is 19.1. The molecule has 4 nitrogen and oxygen atoms in total. The van der Waals surface area contributed by atoms with Crippen LogP contribution in [0.2, 0.25) is 0 Å². The van der Waals surface area contributed by atoms with Gasteiger partial charge in [-0.3, -0.25) is 9.48 Å². The lowest BCUT2D eigenvalue weighted by Crippen LogP contribution is -2.45. The number of rotatable bonds is 1. The van der Waals surface area contributed by atoms with E-state index in [4.69, 9.17) is 0 Å². The fourth-order valence-electron chi connectivity index (χ4n) is 3.43. The van der Waals surface area contributed by atoms with E-state index in [0.717, 1.165) is 16.8 Å². The van der Waals surface area contributed by atoms with Gasteiger partial charge in [0.25, 0.3) is 5.91 Å². The maximum Gasteiger partial charge on any atom is 0.258 e. The number of hydrogen-bond acceptors (Lipinski definition) is 2. The summed E-state index contributed by atoms with van der Waals surface area (Å²) in [5.74, 6) is -0.235. The summed E-state index contributed by atoms with van der Waals surface area (Å²) >= 11 is 0. The lowest BCUT2D eigenvalue weighted by Gasteiger charge is -2.40. The quantitative estimate of drug-likeness (QED) is 0.812. The number of benzene rings is 1. The predicted octanol–water partition coefficient (Wildman–Crippen LogP) is 3.02. The SMILES string of the molecule is Cc1nn(C)cc1C(=O)N1[C@H](C)Cc2cc(F)ccc2[C@H]1C. The minimum atomic E-state index is -0.221. The molecule has 3 rings (SSSR count). The standard InChI is InChI=1S/C17H20FN3O/c1-10-7-13-8-14(18)5-6-15(13)12(3)21(10)17(22)16-9-20(4)19-11(16)2/h5-6,8-10,12H,7H2,1-4H3/t10-,12-/m1/s1. The van der Waals surface area contributed by atoms with Crippen molar-refractivity contribution in [2.24, 2.45) is 7.05 Å². The molecule has 1 amide bonds. The molecule has 2 heterocycles. The van der Waals surface area contributed by atoms with Crippen LogP contribution in [0.4, 0.5) is 4.39 Å². The fraction of sp³-hybridized carbons (Fsp3) is 0.412. The Hall–Kier alpha value is -2.17. The molecule has 5 heteroatoms. The molecule has 2 aromatic rings. The summed E-state index contributed by atoms with van der Waals surface area (Å²) in [5, 5.41) is 4.25. The van der Waals surface area contributed by atoms with Crippen molar-refractivity contribution in [2.75, 3.05) is 0 Å². The van der Waals surface area contributed by atoms with Crippen molar-refractivity contribution in [1.82, 2.24) is 14.7 Å². The van der Waals surface area contributed by atoms with Crippen molar-refractivity contribution in [3.63, 3.8) is 0 Å². The number of amides is 1. The van der Waals surface area contributed by atoms with Gasteiger partial charge in [-0.25, -0.2) is 4.39 Å². The second kappa shape index (κ2) is 5.23. The van der Waals surface area contributed by atoms with Crippen LogP contribution in [0.3, 0.4) is 0 Å². The molecular weight excluding hydrogens is 281 g/mol. The summed E-state index contributed by atoms with van der Waals surface area (Å²) in [6.45, 7) is 5.85. The zero-order valence-corrected chi connectivity index (χ0v) is 13.3. The second-order valence-corrected chi connectivity index (χ2v) is 6.09. The minimum Gasteiger partial charge on any atom is -0.329 e. The smallest absolute Gasteiger partial charge is 0.258 e. The van der Waals surface area contributed by atoms with Crippen LogP contribution in [0.1, 0.15) is 47.1 Å². The van der Waals surface area contributed by atoms with Crippen LogP contribution >= 0.6 is 0 Å². The summed E-state index contributed by atoms with van der Waals surface area (Å²) in [7, 11) is 1.81. The molecule has 2 atom stereocenters. The van der Waals surface area contributed by atoms with E-state index in [1.54, 1.807) is 23.0 Å². The van der Waals surface area contributed by atoms with E-state index in [2.05, 4.69) is 5.10 Å². The van der Waals surface area contributed by atoms with Crippen molar-refractivity contribution in [1.29, 1.82) is 0 Å². The molecule has 0 saturated carbocycles. The van der Waals surface area contributed by atoms with Gasteiger partial charge >= 0.3 is 0 Å². The van der Waals surface area contributed by atoms with E-state index in [1.165, 1.54) is 6.07 Å². The van der Waals surface area contributed by atoms with Crippen molar-refractivity contribution in [3.05, 3.63) is 52.6 Å². The Morgan fingerprint density at radius 3 is 2.73 bits per heavy atom. The first-order chi connectivity index (χ1) is 10.4. The molecule has 1 aromatic carbocycles. The Morgan fingerprint density at radius 1 is 1.36 bits per heavy atom. The number of halogens is 1. The molecule has 0 N–H and O–H groups in total. The van der Waals surface area contributed by atoms with E-state index < -0.39 is 0 Å². The van der Waals surface area contributed by atoms with Gasteiger partial charge in [0.15, 0.2) is 0 Å². The number of carbonyl (C=O) groups is 1. The van der Waals surface area contributed by atoms with Gasteiger partial charge in [0.1, 0.15) is 5.82 Å². The average Bonchev–Trinajstić information content (AvgIpc) is 2.77. The van der Waals surface area contributed by atoms with Gasteiger partial charge in [0.2, 0.25) is 0 Å². The molecule has 1 aliphatic rings. The van der Waals surface area contributed by atoms with Crippen molar-refractivity contribution >= 4 is 5.91 Å². The van der Waals surface area contributed by atoms with Gasteiger partial charge in [0, 0.05) is 19.3 Å². The number of carbonyl (C=O) groups excluding carboxylic acids is 1. The molecule has 22 heavy (non-hydrogen) atoms. The second-order valence-electron chi connectivity index (χ2n) is 6.09. The highest BCUT2D eigenvalue weighted by Gasteiger charge is 2.34. The van der Waals surface area contributed by atoms with E-state index >= 15 is 0 Å². The molecule has 1 aromatic heterocycles. The van der Waals surface area contributed by atoms with E-state index in [1.807, 2.05) is 32.7 Å².